The summed E-state index contributed by atoms with van der Waals surface area (Å²) in [4.78, 5) is 29.4. The van der Waals surface area contributed by atoms with E-state index in [-0.39, 0.29) is 29.1 Å². The number of aliphatic hydroxyl groups excluding tert-OH is 1. The number of nitrogens with zero attached hydrogens (tertiary/aromatic N) is 1. The predicted octanol–water partition coefficient (Wildman–Crippen LogP) is 5.25. The number of rotatable bonds is 5. The van der Waals surface area contributed by atoms with E-state index in [1.54, 1.807) is 11.8 Å². The van der Waals surface area contributed by atoms with Crippen molar-refractivity contribution in [2.45, 2.75) is 115 Å². The Balaban J connectivity index is 1.39. The number of hydrogen-bond acceptors (Lipinski definition) is 6. The number of ketones is 1. The number of carbonyl (C=O) groups is 2. The van der Waals surface area contributed by atoms with Crippen molar-refractivity contribution >= 4 is 23.5 Å². The highest BCUT2D eigenvalue weighted by atomic mass is 32.2. The lowest BCUT2D eigenvalue weighted by Crippen LogP contribution is -2.63. The molecule has 36 heavy (non-hydrogen) atoms. The zero-order valence-electron chi connectivity index (χ0n) is 23.0. The molecule has 0 aromatic rings. The first-order chi connectivity index (χ1) is 17.0. The van der Waals surface area contributed by atoms with Crippen LogP contribution in [0.1, 0.15) is 85.5 Å². The summed E-state index contributed by atoms with van der Waals surface area (Å²) in [7, 11) is 2.24. The van der Waals surface area contributed by atoms with Crippen molar-refractivity contribution in [1.29, 1.82) is 0 Å². The van der Waals surface area contributed by atoms with Gasteiger partial charge < -0.3 is 14.7 Å². The van der Waals surface area contributed by atoms with Crippen molar-refractivity contribution in [2.75, 3.05) is 12.8 Å². The van der Waals surface area contributed by atoms with Gasteiger partial charge in [-0.25, -0.2) is 0 Å². The molecular formula is C30H47NO4S. The minimum atomic E-state index is -0.619. The Labute approximate surface area is 222 Å². The lowest BCUT2D eigenvalue weighted by molar-refractivity contribution is -0.205. The smallest absolute Gasteiger partial charge is 0.316 e. The summed E-state index contributed by atoms with van der Waals surface area (Å²) < 4.78 is 6.42. The van der Waals surface area contributed by atoms with Crippen LogP contribution in [0.5, 0.6) is 0 Å². The molecule has 5 fully saturated rings. The van der Waals surface area contributed by atoms with Crippen LogP contribution in [-0.2, 0) is 14.3 Å². The molecule has 0 amide bonds. The van der Waals surface area contributed by atoms with Crippen LogP contribution in [0.3, 0.4) is 0 Å². The van der Waals surface area contributed by atoms with Gasteiger partial charge in [0.2, 0.25) is 0 Å². The minimum absolute atomic E-state index is 0.00390. The molecule has 2 aliphatic heterocycles. The number of piperidine rings is 1. The second kappa shape index (κ2) is 9.41. The maximum atomic E-state index is 13.5. The van der Waals surface area contributed by atoms with E-state index in [1.807, 2.05) is 6.08 Å². The third-order valence-electron chi connectivity index (χ3n) is 12.1. The van der Waals surface area contributed by atoms with Gasteiger partial charge in [-0.15, -0.1) is 18.3 Å². The van der Waals surface area contributed by atoms with E-state index in [0.717, 1.165) is 32.1 Å². The average molecular weight is 518 g/mol. The molecule has 1 N–H and O–H groups in total. The van der Waals surface area contributed by atoms with Gasteiger partial charge in [-0.3, -0.25) is 9.59 Å². The first-order valence-electron chi connectivity index (χ1n) is 14.3. The summed E-state index contributed by atoms with van der Waals surface area (Å²) in [5.41, 5.74) is -1.24. The standard InChI is InChI=1S/C30H47NO4S/c1-7-28(4)16-24(35-25(33)17-36-22-14-20-8-9-21(15-22)31(20)6)29(5)18(2)10-12-30(19(3)27(28)34)13-11-23(32)26(29)30/h7,18-22,24,26-27,34H,1,8-17H2,2-6H3/t18?,19-,20?,21?,22?,24+,26?,27-,28+,29?,30?/m0/s1. The highest BCUT2D eigenvalue weighted by Crippen LogP contribution is 2.68. The zero-order chi connectivity index (χ0) is 26.0. The number of thioether (sulfide) groups is 1. The highest BCUT2D eigenvalue weighted by Gasteiger charge is 2.68. The average Bonchev–Trinajstić information content (AvgIpc) is 3.28. The van der Waals surface area contributed by atoms with Crippen LogP contribution >= 0.6 is 11.8 Å². The van der Waals surface area contributed by atoms with Crippen LogP contribution in [0.2, 0.25) is 0 Å². The summed E-state index contributed by atoms with van der Waals surface area (Å²) >= 11 is 1.76. The van der Waals surface area contributed by atoms with Gasteiger partial charge >= 0.3 is 5.97 Å². The molecule has 4 bridgehead atoms. The predicted molar refractivity (Wildman–Crippen MR) is 145 cm³/mol. The molecule has 3 saturated carbocycles. The molecule has 10 atom stereocenters. The van der Waals surface area contributed by atoms with Crippen molar-refractivity contribution in [3.05, 3.63) is 12.7 Å². The fourth-order valence-electron chi connectivity index (χ4n) is 9.38. The fourth-order valence-corrected chi connectivity index (χ4v) is 10.5. The first kappa shape index (κ1) is 26.7. The van der Waals surface area contributed by atoms with Crippen LogP contribution in [0.4, 0.5) is 0 Å². The van der Waals surface area contributed by atoms with E-state index < -0.39 is 23.0 Å². The monoisotopic (exact) mass is 517 g/mol. The van der Waals surface area contributed by atoms with Crippen LogP contribution in [0, 0.1) is 34.0 Å². The molecule has 0 aromatic heterocycles. The Kier molecular flexibility index (Phi) is 6.99. The van der Waals surface area contributed by atoms with E-state index >= 15 is 0 Å². The normalized spacial score (nSPS) is 50.8. The number of fused-ring (bicyclic) bond motifs is 2. The van der Waals surface area contributed by atoms with Crippen molar-refractivity contribution in [2.24, 2.45) is 34.0 Å². The van der Waals surface area contributed by atoms with E-state index in [9.17, 15) is 14.7 Å². The van der Waals surface area contributed by atoms with E-state index in [4.69, 9.17) is 4.74 Å². The highest BCUT2D eigenvalue weighted by molar-refractivity contribution is 8.00. The quantitative estimate of drug-likeness (QED) is 0.397. The molecule has 202 valence electrons. The topological polar surface area (TPSA) is 66.8 Å². The van der Waals surface area contributed by atoms with Gasteiger partial charge in [0.05, 0.1) is 11.9 Å². The first-order valence-corrected chi connectivity index (χ1v) is 15.4. The van der Waals surface area contributed by atoms with E-state index in [1.165, 1.54) is 12.8 Å². The fraction of sp³-hybridized carbons (Fsp3) is 0.867. The minimum Gasteiger partial charge on any atom is -0.461 e. The zero-order valence-corrected chi connectivity index (χ0v) is 23.8. The second-order valence-electron chi connectivity index (χ2n) is 13.5. The molecular weight excluding hydrogens is 470 g/mol. The Morgan fingerprint density at radius 3 is 2.50 bits per heavy atom. The molecule has 6 heteroatoms. The van der Waals surface area contributed by atoms with Crippen molar-refractivity contribution in [1.82, 2.24) is 4.90 Å². The van der Waals surface area contributed by atoms with Gasteiger partial charge in [0.1, 0.15) is 11.9 Å². The van der Waals surface area contributed by atoms with E-state index in [0.29, 0.717) is 41.7 Å². The number of esters is 1. The Morgan fingerprint density at radius 1 is 1.19 bits per heavy atom. The number of Topliss-reactive ketones (excluding diaryl/α,β-unsaturated/α-hetero) is 1. The summed E-state index contributed by atoms with van der Waals surface area (Å²) in [6, 6.07) is 1.31. The lowest BCUT2D eigenvalue weighted by atomic mass is 9.44. The molecule has 2 saturated heterocycles. The number of carbonyl (C=O) groups excluding carboxylic acids is 2. The summed E-state index contributed by atoms with van der Waals surface area (Å²) in [5, 5.41) is 12.2. The van der Waals surface area contributed by atoms with Gasteiger partial charge in [-0.1, -0.05) is 33.8 Å². The molecule has 0 spiro atoms. The van der Waals surface area contributed by atoms with Crippen molar-refractivity contribution in [3.8, 4) is 0 Å². The number of aliphatic hydroxyl groups is 1. The molecule has 0 aromatic carbocycles. The van der Waals surface area contributed by atoms with Crippen molar-refractivity contribution < 1.29 is 19.4 Å². The van der Waals surface area contributed by atoms with Gasteiger partial charge in [0, 0.05) is 40.5 Å². The number of ether oxygens (including phenoxy) is 1. The molecule has 6 unspecified atom stereocenters. The van der Waals surface area contributed by atoms with Crippen molar-refractivity contribution in [3.63, 3.8) is 0 Å². The summed E-state index contributed by atoms with van der Waals surface area (Å²) in [5.74, 6) is 0.605. The Bertz CT molecular complexity index is 895. The van der Waals surface area contributed by atoms with E-state index in [2.05, 4.69) is 46.2 Å². The molecule has 2 heterocycles. The van der Waals surface area contributed by atoms with Crippen LogP contribution < -0.4 is 0 Å². The Morgan fingerprint density at radius 2 is 1.86 bits per heavy atom. The maximum absolute atomic E-state index is 13.5. The van der Waals surface area contributed by atoms with Crippen LogP contribution in [0.25, 0.3) is 0 Å². The molecule has 5 nitrogen and oxygen atoms in total. The SMILES string of the molecule is C=C[C@]1(C)C[C@@H](OC(=O)CSC2CC3CCC(C2)N3C)C2(C)C(C)CCC3(CCC(=O)C32)[C@@H](C)[C@@H]1O. The largest absolute Gasteiger partial charge is 0.461 e. The van der Waals surface area contributed by atoms with Gasteiger partial charge in [-0.05, 0) is 75.7 Å². The summed E-state index contributed by atoms with van der Waals surface area (Å²) in [6.07, 6.45) is 9.58. The van der Waals surface area contributed by atoms with Gasteiger partial charge in [-0.2, -0.15) is 0 Å². The third-order valence-corrected chi connectivity index (χ3v) is 13.3. The molecule has 5 aliphatic rings. The lowest BCUT2D eigenvalue weighted by Gasteiger charge is -2.61. The molecule has 5 rings (SSSR count). The maximum Gasteiger partial charge on any atom is 0.316 e. The Hall–Kier alpha value is -0.850. The van der Waals surface area contributed by atoms with Crippen LogP contribution in [-0.4, -0.2) is 64.1 Å². The molecule has 3 aliphatic carbocycles. The van der Waals surface area contributed by atoms with Gasteiger partial charge in [0.25, 0.3) is 0 Å². The van der Waals surface area contributed by atoms with Crippen LogP contribution in [0.15, 0.2) is 12.7 Å². The second-order valence-corrected chi connectivity index (χ2v) is 14.8. The van der Waals surface area contributed by atoms with Gasteiger partial charge in [0.15, 0.2) is 0 Å². The summed E-state index contributed by atoms with van der Waals surface area (Å²) in [6.45, 7) is 12.8. The third kappa shape index (κ3) is 3.95. The number of hydrogen-bond donors (Lipinski definition) is 1. The molecule has 0 radical (unpaired) electrons.